The van der Waals surface area contributed by atoms with Crippen LogP contribution in [-0.2, 0) is 14.3 Å². The molecule has 1 unspecified atom stereocenters. The van der Waals surface area contributed by atoms with E-state index in [1.807, 2.05) is 32.0 Å². The van der Waals surface area contributed by atoms with E-state index >= 15 is 0 Å². The Labute approximate surface area is 130 Å². The molecule has 1 fully saturated rings. The minimum atomic E-state index is -0.472. The van der Waals surface area contributed by atoms with Crippen molar-refractivity contribution in [2.45, 2.75) is 26.9 Å². The number of rotatable bonds is 4. The van der Waals surface area contributed by atoms with Crippen LogP contribution in [-0.4, -0.2) is 44.4 Å². The first-order valence-electron chi connectivity index (χ1n) is 7.41. The van der Waals surface area contributed by atoms with Gasteiger partial charge in [-0.3, -0.25) is 4.79 Å². The van der Waals surface area contributed by atoms with Gasteiger partial charge in [-0.2, -0.15) is 0 Å². The predicted octanol–water partition coefficient (Wildman–Crippen LogP) is 1.78. The lowest BCUT2D eigenvalue weighted by Gasteiger charge is -2.33. The molecule has 6 nitrogen and oxygen atoms in total. The predicted molar refractivity (Wildman–Crippen MR) is 83.0 cm³/mol. The fraction of sp³-hybridized carbons (Fsp3) is 0.500. The lowest BCUT2D eigenvalue weighted by molar-refractivity contribution is -0.129. The van der Waals surface area contributed by atoms with Gasteiger partial charge in [-0.1, -0.05) is 6.07 Å². The molecular weight excluding hydrogens is 284 g/mol. The van der Waals surface area contributed by atoms with Gasteiger partial charge in [0.05, 0.1) is 19.3 Å². The molecule has 1 atom stereocenters. The van der Waals surface area contributed by atoms with Gasteiger partial charge in [0.15, 0.2) is 0 Å². The van der Waals surface area contributed by atoms with E-state index in [1.54, 1.807) is 11.8 Å². The van der Waals surface area contributed by atoms with Gasteiger partial charge in [-0.05, 0) is 44.0 Å². The summed E-state index contributed by atoms with van der Waals surface area (Å²) < 4.78 is 10.3. The average Bonchev–Trinajstić information content (AvgIpc) is 2.49. The highest BCUT2D eigenvalue weighted by atomic mass is 16.5. The van der Waals surface area contributed by atoms with E-state index in [0.717, 1.165) is 11.3 Å². The molecule has 0 radical (unpaired) electrons. The molecule has 1 saturated heterocycles. The van der Waals surface area contributed by atoms with E-state index < -0.39 is 6.09 Å². The molecule has 120 valence electrons. The van der Waals surface area contributed by atoms with Crippen molar-refractivity contribution in [3.8, 4) is 0 Å². The molecule has 0 spiro atoms. The molecule has 1 aliphatic rings. The highest BCUT2D eigenvalue weighted by molar-refractivity contribution is 5.95. The number of hydrogen-bond acceptors (Lipinski definition) is 4. The van der Waals surface area contributed by atoms with Gasteiger partial charge in [0.25, 0.3) is 5.91 Å². The Morgan fingerprint density at radius 1 is 1.41 bits per heavy atom. The maximum atomic E-state index is 12.1. The summed E-state index contributed by atoms with van der Waals surface area (Å²) in [7, 11) is 0. The van der Waals surface area contributed by atoms with Crippen LogP contribution in [0.15, 0.2) is 18.2 Å². The number of alkyl carbamates (subject to hydrolysis) is 1. The Morgan fingerprint density at radius 2 is 2.18 bits per heavy atom. The lowest BCUT2D eigenvalue weighted by atomic mass is 10.1. The summed E-state index contributed by atoms with van der Waals surface area (Å²) in [6.07, 6.45) is -0.718. The first-order valence-corrected chi connectivity index (χ1v) is 7.41. The molecule has 2 amide bonds. The molecular formula is C16H22N2O4. The Morgan fingerprint density at radius 3 is 2.86 bits per heavy atom. The molecule has 0 bridgehead atoms. The number of hydrogen-bond donors (Lipinski definition) is 1. The van der Waals surface area contributed by atoms with Gasteiger partial charge in [0.2, 0.25) is 0 Å². The lowest BCUT2D eigenvalue weighted by Crippen LogP contribution is -2.50. The Hall–Kier alpha value is -2.08. The molecule has 1 aromatic carbocycles. The van der Waals surface area contributed by atoms with Crippen molar-refractivity contribution in [3.05, 3.63) is 29.3 Å². The monoisotopic (exact) mass is 306 g/mol. The first-order chi connectivity index (χ1) is 10.5. The normalized spacial score (nSPS) is 18.2. The van der Waals surface area contributed by atoms with Crippen LogP contribution >= 0.6 is 0 Å². The molecule has 0 aromatic heterocycles. The van der Waals surface area contributed by atoms with Crippen molar-refractivity contribution in [1.82, 2.24) is 5.32 Å². The highest BCUT2D eigenvalue weighted by Crippen LogP contribution is 2.21. The van der Waals surface area contributed by atoms with E-state index in [2.05, 4.69) is 5.32 Å². The first kappa shape index (κ1) is 16.3. The zero-order valence-corrected chi connectivity index (χ0v) is 13.2. The summed E-state index contributed by atoms with van der Waals surface area (Å²) >= 11 is 0. The number of nitrogens with zero attached hydrogens (tertiary/aromatic N) is 1. The second-order valence-electron chi connectivity index (χ2n) is 5.31. The van der Waals surface area contributed by atoms with Crippen LogP contribution in [0.2, 0.25) is 0 Å². The molecule has 22 heavy (non-hydrogen) atoms. The van der Waals surface area contributed by atoms with E-state index in [-0.39, 0.29) is 18.6 Å². The smallest absolute Gasteiger partial charge is 0.407 e. The third-order valence-electron chi connectivity index (χ3n) is 3.68. The molecule has 1 aliphatic heterocycles. The number of morpholine rings is 1. The number of carbonyl (C=O) groups excluding carboxylic acids is 2. The van der Waals surface area contributed by atoms with Crippen LogP contribution in [0.3, 0.4) is 0 Å². The van der Waals surface area contributed by atoms with Gasteiger partial charge < -0.3 is 19.7 Å². The summed E-state index contributed by atoms with van der Waals surface area (Å²) in [6, 6.07) is 5.93. The highest BCUT2D eigenvalue weighted by Gasteiger charge is 2.27. The fourth-order valence-electron chi connectivity index (χ4n) is 2.27. The number of anilines is 1. The summed E-state index contributed by atoms with van der Waals surface area (Å²) in [6.45, 7) is 6.86. The maximum Gasteiger partial charge on any atom is 0.407 e. The Bertz CT molecular complexity index is 559. The molecule has 1 heterocycles. The van der Waals surface area contributed by atoms with Crippen LogP contribution < -0.4 is 10.2 Å². The topological polar surface area (TPSA) is 67.9 Å². The van der Waals surface area contributed by atoms with E-state index in [9.17, 15) is 9.59 Å². The summed E-state index contributed by atoms with van der Waals surface area (Å²) in [5.74, 6) is -0.0735. The largest absolute Gasteiger partial charge is 0.450 e. The average molecular weight is 306 g/mol. The van der Waals surface area contributed by atoms with Crippen LogP contribution in [0.5, 0.6) is 0 Å². The van der Waals surface area contributed by atoms with Crippen molar-refractivity contribution >= 4 is 17.7 Å². The van der Waals surface area contributed by atoms with Crippen molar-refractivity contribution in [1.29, 1.82) is 0 Å². The van der Waals surface area contributed by atoms with Crippen molar-refractivity contribution in [3.63, 3.8) is 0 Å². The summed E-state index contributed by atoms with van der Waals surface area (Å²) in [5.41, 5.74) is 3.18. The van der Waals surface area contributed by atoms with Gasteiger partial charge in [0, 0.05) is 12.2 Å². The molecule has 6 heteroatoms. The van der Waals surface area contributed by atoms with Crippen LogP contribution in [0.4, 0.5) is 10.5 Å². The van der Waals surface area contributed by atoms with Gasteiger partial charge in [0.1, 0.15) is 6.61 Å². The third kappa shape index (κ3) is 3.98. The molecule has 1 aromatic rings. The number of aryl methyl sites for hydroxylation is 2. The SMILES string of the molecule is CCOC(=O)NCC1CN(c2ccc(C)c(C)c2)C(=O)CO1. The number of benzene rings is 1. The van der Waals surface area contributed by atoms with Crippen molar-refractivity contribution in [2.75, 3.05) is 31.2 Å². The number of ether oxygens (including phenoxy) is 2. The van der Waals surface area contributed by atoms with Gasteiger partial charge in [-0.25, -0.2) is 4.79 Å². The minimum absolute atomic E-state index is 0.0160. The standard InChI is InChI=1S/C16H22N2O4/c1-4-21-16(20)17-8-14-9-18(15(19)10-22-14)13-6-5-11(2)12(3)7-13/h5-7,14H,4,8-10H2,1-3H3,(H,17,20). The number of amides is 2. The second kappa shape index (κ2) is 7.26. The molecule has 2 rings (SSSR count). The molecule has 0 saturated carbocycles. The zero-order valence-electron chi connectivity index (χ0n) is 13.2. The van der Waals surface area contributed by atoms with Crippen molar-refractivity contribution in [2.24, 2.45) is 0 Å². The van der Waals surface area contributed by atoms with E-state index in [4.69, 9.17) is 9.47 Å². The van der Waals surface area contributed by atoms with E-state index in [0.29, 0.717) is 19.7 Å². The van der Waals surface area contributed by atoms with Gasteiger partial charge >= 0.3 is 6.09 Å². The van der Waals surface area contributed by atoms with E-state index in [1.165, 1.54) is 5.56 Å². The Kier molecular flexibility index (Phi) is 5.38. The molecule has 0 aliphatic carbocycles. The fourth-order valence-corrected chi connectivity index (χ4v) is 2.27. The maximum absolute atomic E-state index is 12.1. The summed E-state index contributed by atoms with van der Waals surface area (Å²) in [5, 5.41) is 2.64. The van der Waals surface area contributed by atoms with Crippen molar-refractivity contribution < 1.29 is 19.1 Å². The number of carbonyl (C=O) groups is 2. The third-order valence-corrected chi connectivity index (χ3v) is 3.68. The number of nitrogens with one attached hydrogen (secondary N) is 1. The second-order valence-corrected chi connectivity index (χ2v) is 5.31. The zero-order chi connectivity index (χ0) is 16.1. The minimum Gasteiger partial charge on any atom is -0.450 e. The van der Waals surface area contributed by atoms with Crippen LogP contribution in [0.25, 0.3) is 0 Å². The van der Waals surface area contributed by atoms with Gasteiger partial charge in [-0.15, -0.1) is 0 Å². The quantitative estimate of drug-likeness (QED) is 0.921. The molecule has 1 N–H and O–H groups in total. The Balaban J connectivity index is 2.00. The van der Waals surface area contributed by atoms with Crippen LogP contribution in [0, 0.1) is 13.8 Å². The van der Waals surface area contributed by atoms with Crippen LogP contribution in [0.1, 0.15) is 18.1 Å². The summed E-state index contributed by atoms with van der Waals surface area (Å²) in [4.78, 5) is 25.1.